The minimum Gasteiger partial charge on any atom is -0.321 e. The first-order valence-electron chi connectivity index (χ1n) is 8.21. The van der Waals surface area contributed by atoms with E-state index in [2.05, 4.69) is 15.6 Å². The summed E-state index contributed by atoms with van der Waals surface area (Å²) < 4.78 is 1.02. The number of aromatic nitrogens is 1. The van der Waals surface area contributed by atoms with Crippen molar-refractivity contribution in [1.82, 2.24) is 4.98 Å². The highest BCUT2D eigenvalue weighted by atomic mass is 32.1. The lowest BCUT2D eigenvalue weighted by Gasteiger charge is -2.10. The third-order valence-corrected chi connectivity index (χ3v) is 5.58. The van der Waals surface area contributed by atoms with Crippen LogP contribution >= 0.6 is 22.7 Å². The Hall–Kier alpha value is -3.03. The lowest BCUT2D eigenvalue weighted by Crippen LogP contribution is -2.17. The number of fused-ring (bicyclic) bond motifs is 1. The molecule has 0 radical (unpaired) electrons. The molecule has 2 amide bonds. The van der Waals surface area contributed by atoms with E-state index in [1.165, 1.54) is 22.7 Å². The SMILES string of the molecule is Cc1ccc2nc(NC(=O)c3ccccc3NC(=O)c3ccsc3)sc2c1. The van der Waals surface area contributed by atoms with Crippen molar-refractivity contribution in [2.24, 2.45) is 0 Å². The van der Waals surface area contributed by atoms with Gasteiger partial charge in [-0.15, -0.1) is 0 Å². The molecule has 0 aliphatic carbocycles. The van der Waals surface area contributed by atoms with Gasteiger partial charge in [0.2, 0.25) is 0 Å². The van der Waals surface area contributed by atoms with Crippen molar-refractivity contribution in [2.45, 2.75) is 6.92 Å². The Morgan fingerprint density at radius 3 is 2.67 bits per heavy atom. The summed E-state index contributed by atoms with van der Waals surface area (Å²) in [5, 5.41) is 9.77. The number of anilines is 2. The van der Waals surface area contributed by atoms with Gasteiger partial charge in [-0.2, -0.15) is 11.3 Å². The van der Waals surface area contributed by atoms with Crippen LogP contribution in [0.1, 0.15) is 26.3 Å². The van der Waals surface area contributed by atoms with Crippen LogP contribution < -0.4 is 10.6 Å². The molecule has 5 nitrogen and oxygen atoms in total. The Kier molecular flexibility index (Phi) is 4.70. The summed E-state index contributed by atoms with van der Waals surface area (Å²) in [5.41, 5.74) is 3.40. The average Bonchev–Trinajstić information content (AvgIpc) is 3.31. The molecule has 7 heteroatoms. The third-order valence-electron chi connectivity index (χ3n) is 3.97. The van der Waals surface area contributed by atoms with Crippen molar-refractivity contribution >= 4 is 55.5 Å². The van der Waals surface area contributed by atoms with E-state index in [0.29, 0.717) is 21.9 Å². The van der Waals surface area contributed by atoms with Gasteiger partial charge in [0.05, 0.1) is 27.0 Å². The molecular weight excluding hydrogens is 378 g/mol. The van der Waals surface area contributed by atoms with Crippen molar-refractivity contribution in [1.29, 1.82) is 0 Å². The fourth-order valence-electron chi connectivity index (χ4n) is 2.63. The zero-order valence-electron chi connectivity index (χ0n) is 14.4. The number of nitrogens with zero attached hydrogens (tertiary/aromatic N) is 1. The maximum Gasteiger partial charge on any atom is 0.259 e. The number of thiophene rings is 1. The summed E-state index contributed by atoms with van der Waals surface area (Å²) in [5.74, 6) is -0.557. The number of nitrogens with one attached hydrogen (secondary N) is 2. The summed E-state index contributed by atoms with van der Waals surface area (Å²) in [6, 6.07) is 14.6. The average molecular weight is 393 g/mol. The molecule has 0 unspecified atom stereocenters. The molecule has 0 aliphatic rings. The van der Waals surface area contributed by atoms with Gasteiger partial charge in [0.1, 0.15) is 0 Å². The van der Waals surface area contributed by atoms with Gasteiger partial charge in [0, 0.05) is 5.38 Å². The number of thiazole rings is 1. The molecule has 2 aromatic heterocycles. The topological polar surface area (TPSA) is 71.1 Å². The van der Waals surface area contributed by atoms with Crippen LogP contribution in [0.25, 0.3) is 10.2 Å². The number of carbonyl (C=O) groups excluding carboxylic acids is 2. The van der Waals surface area contributed by atoms with E-state index in [9.17, 15) is 9.59 Å². The minimum absolute atomic E-state index is 0.244. The van der Waals surface area contributed by atoms with Crippen molar-refractivity contribution in [3.05, 3.63) is 76.0 Å². The maximum atomic E-state index is 12.8. The van der Waals surface area contributed by atoms with Crippen LogP contribution in [0.5, 0.6) is 0 Å². The normalized spacial score (nSPS) is 10.7. The first-order valence-corrected chi connectivity index (χ1v) is 9.97. The van der Waals surface area contributed by atoms with E-state index in [1.54, 1.807) is 35.7 Å². The van der Waals surface area contributed by atoms with E-state index in [4.69, 9.17) is 0 Å². The number of aryl methyl sites for hydroxylation is 1. The molecule has 2 heterocycles. The summed E-state index contributed by atoms with van der Waals surface area (Å²) in [4.78, 5) is 29.5. The second kappa shape index (κ2) is 7.30. The quantitative estimate of drug-likeness (QED) is 0.502. The number of rotatable bonds is 4. The zero-order valence-corrected chi connectivity index (χ0v) is 16.0. The third kappa shape index (κ3) is 3.74. The van der Waals surface area contributed by atoms with Crippen LogP contribution in [0, 0.1) is 6.92 Å². The molecule has 4 aromatic rings. The number of hydrogen-bond acceptors (Lipinski definition) is 5. The Labute approximate surface area is 163 Å². The van der Waals surface area contributed by atoms with E-state index in [0.717, 1.165) is 15.8 Å². The lowest BCUT2D eigenvalue weighted by atomic mass is 10.1. The van der Waals surface area contributed by atoms with Crippen molar-refractivity contribution in [3.63, 3.8) is 0 Å². The van der Waals surface area contributed by atoms with Gasteiger partial charge in [-0.05, 0) is 48.2 Å². The van der Waals surface area contributed by atoms with Crippen LogP contribution in [0.15, 0.2) is 59.3 Å². The van der Waals surface area contributed by atoms with Crippen molar-refractivity contribution < 1.29 is 9.59 Å². The monoisotopic (exact) mass is 393 g/mol. The highest BCUT2D eigenvalue weighted by Gasteiger charge is 2.16. The minimum atomic E-state index is -0.313. The predicted octanol–water partition coefficient (Wildman–Crippen LogP) is 5.17. The molecule has 134 valence electrons. The lowest BCUT2D eigenvalue weighted by molar-refractivity contribution is 0.102. The molecule has 27 heavy (non-hydrogen) atoms. The highest BCUT2D eigenvalue weighted by Crippen LogP contribution is 2.27. The van der Waals surface area contributed by atoms with Gasteiger partial charge in [0.15, 0.2) is 5.13 Å². The van der Waals surface area contributed by atoms with Gasteiger partial charge < -0.3 is 5.32 Å². The molecule has 0 atom stereocenters. The van der Waals surface area contributed by atoms with Crippen LogP contribution in [-0.2, 0) is 0 Å². The number of para-hydroxylation sites is 1. The Balaban J connectivity index is 1.57. The van der Waals surface area contributed by atoms with Crippen LogP contribution in [-0.4, -0.2) is 16.8 Å². The van der Waals surface area contributed by atoms with E-state index < -0.39 is 0 Å². The maximum absolute atomic E-state index is 12.8. The van der Waals surface area contributed by atoms with E-state index in [-0.39, 0.29) is 11.8 Å². The van der Waals surface area contributed by atoms with Crippen molar-refractivity contribution in [3.8, 4) is 0 Å². The van der Waals surface area contributed by atoms with Crippen LogP contribution in [0.4, 0.5) is 10.8 Å². The zero-order chi connectivity index (χ0) is 18.8. The highest BCUT2D eigenvalue weighted by molar-refractivity contribution is 7.22. The summed E-state index contributed by atoms with van der Waals surface area (Å²) in [6.07, 6.45) is 0. The molecular formula is C20H15N3O2S2. The van der Waals surface area contributed by atoms with E-state index in [1.807, 2.05) is 30.5 Å². The molecule has 0 saturated heterocycles. The molecule has 2 N–H and O–H groups in total. The first kappa shape index (κ1) is 17.4. The predicted molar refractivity (Wildman–Crippen MR) is 111 cm³/mol. The Bertz CT molecular complexity index is 1130. The first-order chi connectivity index (χ1) is 13.1. The van der Waals surface area contributed by atoms with Gasteiger partial charge in [-0.1, -0.05) is 29.5 Å². The molecule has 0 aliphatic heterocycles. The smallest absolute Gasteiger partial charge is 0.259 e. The summed E-state index contributed by atoms with van der Waals surface area (Å²) >= 11 is 2.87. The number of amides is 2. The molecule has 0 fully saturated rings. The largest absolute Gasteiger partial charge is 0.321 e. The fourth-order valence-corrected chi connectivity index (χ4v) is 4.22. The van der Waals surface area contributed by atoms with Crippen molar-refractivity contribution in [2.75, 3.05) is 10.6 Å². The fraction of sp³-hybridized carbons (Fsp3) is 0.0500. The standard InChI is InChI=1S/C20H15N3O2S2/c1-12-6-7-16-17(10-12)27-20(22-16)23-19(25)14-4-2-3-5-15(14)21-18(24)13-8-9-26-11-13/h2-11H,1H3,(H,21,24)(H,22,23,25). The molecule has 4 rings (SSSR count). The molecule has 2 aromatic carbocycles. The number of benzene rings is 2. The van der Waals surface area contributed by atoms with Gasteiger partial charge in [0.25, 0.3) is 11.8 Å². The Morgan fingerprint density at radius 1 is 1.00 bits per heavy atom. The van der Waals surface area contributed by atoms with E-state index >= 15 is 0 Å². The number of carbonyl (C=O) groups is 2. The van der Waals surface area contributed by atoms with Crippen LogP contribution in [0.3, 0.4) is 0 Å². The van der Waals surface area contributed by atoms with Crippen LogP contribution in [0.2, 0.25) is 0 Å². The van der Waals surface area contributed by atoms with Gasteiger partial charge >= 0.3 is 0 Å². The summed E-state index contributed by atoms with van der Waals surface area (Å²) in [6.45, 7) is 2.02. The summed E-state index contributed by atoms with van der Waals surface area (Å²) in [7, 11) is 0. The molecule has 0 bridgehead atoms. The Morgan fingerprint density at radius 2 is 1.85 bits per heavy atom. The van der Waals surface area contributed by atoms with Gasteiger partial charge in [-0.25, -0.2) is 4.98 Å². The second-order valence-electron chi connectivity index (χ2n) is 5.96. The van der Waals surface area contributed by atoms with Gasteiger partial charge in [-0.3, -0.25) is 14.9 Å². The second-order valence-corrected chi connectivity index (χ2v) is 7.77. The number of hydrogen-bond donors (Lipinski definition) is 2. The molecule has 0 saturated carbocycles. The molecule has 0 spiro atoms.